The minimum Gasteiger partial charge on any atom is -0.469 e. The average Bonchev–Trinajstić information content (AvgIpc) is 3.09. The molecule has 0 amide bonds. The van der Waals surface area contributed by atoms with Crippen molar-refractivity contribution in [3.8, 4) is 0 Å². The lowest BCUT2D eigenvalue weighted by Gasteiger charge is -2.25. The number of esters is 1. The number of rotatable bonds is 5. The molecular formula is C13H17NO5. The second-order valence-corrected chi connectivity index (χ2v) is 5.47. The highest BCUT2D eigenvalue weighted by atomic mass is 16.5. The summed E-state index contributed by atoms with van der Waals surface area (Å²) >= 11 is 0. The van der Waals surface area contributed by atoms with Crippen LogP contribution in [0.25, 0.3) is 0 Å². The first-order chi connectivity index (χ1) is 9.13. The van der Waals surface area contributed by atoms with Crippen molar-refractivity contribution in [1.29, 1.82) is 0 Å². The third kappa shape index (κ3) is 2.08. The molecule has 19 heavy (non-hydrogen) atoms. The molecular weight excluding hydrogens is 250 g/mol. The fourth-order valence-electron chi connectivity index (χ4n) is 2.93. The average molecular weight is 267 g/mol. The molecule has 4 atom stereocenters. The van der Waals surface area contributed by atoms with E-state index in [1.807, 2.05) is 0 Å². The molecule has 0 aromatic heterocycles. The van der Waals surface area contributed by atoms with Crippen LogP contribution < -0.4 is 5.32 Å². The van der Waals surface area contributed by atoms with Gasteiger partial charge in [-0.2, -0.15) is 0 Å². The van der Waals surface area contributed by atoms with Crippen molar-refractivity contribution in [3.05, 3.63) is 0 Å². The lowest BCUT2D eigenvalue weighted by atomic mass is 9.83. The zero-order valence-electron chi connectivity index (χ0n) is 10.8. The Kier molecular flexibility index (Phi) is 3.14. The molecule has 1 aliphatic carbocycles. The minimum atomic E-state index is -0.955. The van der Waals surface area contributed by atoms with E-state index in [9.17, 15) is 14.4 Å². The smallest absolute Gasteiger partial charge is 0.313 e. The molecule has 2 aliphatic heterocycles. The topological polar surface area (TPSA) is 81.7 Å². The third-order valence-corrected chi connectivity index (χ3v) is 4.20. The standard InChI is InChI=1S/C13H17NO5/c1-18-13(17)7-8(14-5-4-6-2-3-6)12-10(16)9(15)11(7)19-12/h6-8,11-12,14H,2-5H2,1H3. The molecule has 104 valence electrons. The Labute approximate surface area is 110 Å². The van der Waals surface area contributed by atoms with Gasteiger partial charge in [0, 0.05) is 0 Å². The number of hydrogen-bond donors (Lipinski definition) is 1. The van der Waals surface area contributed by atoms with E-state index >= 15 is 0 Å². The predicted molar refractivity (Wildman–Crippen MR) is 63.3 cm³/mol. The molecule has 0 spiro atoms. The summed E-state index contributed by atoms with van der Waals surface area (Å²) in [6.45, 7) is 0.733. The van der Waals surface area contributed by atoms with Crippen molar-refractivity contribution in [3.63, 3.8) is 0 Å². The first-order valence-electron chi connectivity index (χ1n) is 6.68. The maximum absolute atomic E-state index is 11.8. The van der Waals surface area contributed by atoms with Crippen molar-refractivity contribution in [2.75, 3.05) is 13.7 Å². The van der Waals surface area contributed by atoms with Gasteiger partial charge in [0.05, 0.1) is 13.2 Å². The normalized spacial score (nSPS) is 36.9. The largest absolute Gasteiger partial charge is 0.469 e. The zero-order valence-corrected chi connectivity index (χ0v) is 10.8. The van der Waals surface area contributed by atoms with Crippen LogP contribution in [0.4, 0.5) is 0 Å². The number of fused-ring (bicyclic) bond motifs is 2. The molecule has 0 radical (unpaired) electrons. The Hall–Kier alpha value is -1.27. The van der Waals surface area contributed by atoms with Gasteiger partial charge in [-0.15, -0.1) is 0 Å². The van der Waals surface area contributed by atoms with Gasteiger partial charge in [0.2, 0.25) is 11.6 Å². The third-order valence-electron chi connectivity index (χ3n) is 4.20. The Morgan fingerprint density at radius 2 is 2.00 bits per heavy atom. The van der Waals surface area contributed by atoms with E-state index in [4.69, 9.17) is 9.47 Å². The van der Waals surface area contributed by atoms with Crippen molar-refractivity contribution in [1.82, 2.24) is 5.32 Å². The monoisotopic (exact) mass is 267 g/mol. The van der Waals surface area contributed by atoms with E-state index < -0.39 is 41.7 Å². The van der Waals surface area contributed by atoms with Crippen molar-refractivity contribution in [2.24, 2.45) is 11.8 Å². The number of carbonyl (C=O) groups excluding carboxylic acids is 3. The van der Waals surface area contributed by atoms with Crippen LogP contribution in [0.15, 0.2) is 0 Å². The van der Waals surface area contributed by atoms with Crippen LogP contribution in [0.2, 0.25) is 0 Å². The summed E-state index contributed by atoms with van der Waals surface area (Å²) in [5, 5.41) is 3.20. The number of ketones is 2. The van der Waals surface area contributed by atoms with Crippen LogP contribution >= 0.6 is 0 Å². The molecule has 3 aliphatic rings. The molecule has 2 heterocycles. The Morgan fingerprint density at radius 1 is 1.32 bits per heavy atom. The number of hydrogen-bond acceptors (Lipinski definition) is 6. The molecule has 6 heteroatoms. The summed E-state index contributed by atoms with van der Waals surface area (Å²) in [7, 11) is 1.28. The van der Waals surface area contributed by atoms with Crippen molar-refractivity contribution < 1.29 is 23.9 Å². The highest BCUT2D eigenvalue weighted by Gasteiger charge is 2.62. The molecule has 3 fully saturated rings. The van der Waals surface area contributed by atoms with Gasteiger partial charge >= 0.3 is 5.97 Å². The first kappa shape index (κ1) is 12.7. The maximum atomic E-state index is 11.8. The van der Waals surface area contributed by atoms with Crippen LogP contribution in [0.5, 0.6) is 0 Å². The fraction of sp³-hybridized carbons (Fsp3) is 0.769. The summed E-state index contributed by atoms with van der Waals surface area (Å²) in [5.41, 5.74) is 0. The number of Topliss-reactive ketones (excluding diaryl/α,β-unsaturated/α-hetero) is 2. The number of methoxy groups -OCH3 is 1. The van der Waals surface area contributed by atoms with Crippen molar-refractivity contribution >= 4 is 17.5 Å². The van der Waals surface area contributed by atoms with E-state index in [0.717, 1.165) is 18.9 Å². The summed E-state index contributed by atoms with van der Waals surface area (Å²) < 4.78 is 10.1. The first-order valence-corrected chi connectivity index (χ1v) is 6.68. The van der Waals surface area contributed by atoms with Crippen LogP contribution in [-0.2, 0) is 23.9 Å². The van der Waals surface area contributed by atoms with Crippen molar-refractivity contribution in [2.45, 2.75) is 37.5 Å². The molecule has 1 N–H and O–H groups in total. The number of carbonyl (C=O) groups is 3. The number of nitrogens with one attached hydrogen (secondary N) is 1. The fourth-order valence-corrected chi connectivity index (χ4v) is 2.93. The van der Waals surface area contributed by atoms with Gasteiger partial charge in [-0.1, -0.05) is 12.8 Å². The lowest BCUT2D eigenvalue weighted by molar-refractivity contribution is -0.151. The summed E-state index contributed by atoms with van der Waals surface area (Å²) in [5.74, 6) is -1.53. The molecule has 2 bridgehead atoms. The highest BCUT2D eigenvalue weighted by Crippen LogP contribution is 2.36. The summed E-state index contributed by atoms with van der Waals surface area (Å²) in [6, 6.07) is -0.429. The quantitative estimate of drug-likeness (QED) is 0.532. The van der Waals surface area contributed by atoms with Gasteiger partial charge in [0.1, 0.15) is 18.1 Å². The molecule has 0 aromatic rings. The zero-order chi connectivity index (χ0) is 13.6. The summed E-state index contributed by atoms with van der Waals surface area (Å²) in [6.07, 6.45) is 1.77. The lowest BCUT2D eigenvalue weighted by Crippen LogP contribution is -2.54. The molecule has 2 saturated heterocycles. The van der Waals surface area contributed by atoms with E-state index in [1.165, 1.54) is 20.0 Å². The second-order valence-electron chi connectivity index (χ2n) is 5.47. The molecule has 0 aromatic carbocycles. The Balaban J connectivity index is 1.69. The predicted octanol–water partition coefficient (Wildman–Crippen LogP) is -0.547. The van der Waals surface area contributed by atoms with Gasteiger partial charge in [0.25, 0.3) is 0 Å². The van der Waals surface area contributed by atoms with Crippen LogP contribution in [0.3, 0.4) is 0 Å². The van der Waals surface area contributed by atoms with E-state index in [2.05, 4.69) is 5.32 Å². The van der Waals surface area contributed by atoms with E-state index in [0.29, 0.717) is 0 Å². The van der Waals surface area contributed by atoms with Gasteiger partial charge in [0.15, 0.2) is 0 Å². The van der Waals surface area contributed by atoms with Crippen LogP contribution in [0, 0.1) is 11.8 Å². The van der Waals surface area contributed by atoms with E-state index in [1.54, 1.807) is 0 Å². The molecule has 6 nitrogen and oxygen atoms in total. The SMILES string of the molecule is COC(=O)C1C2OC(C(=O)C2=O)C1NCCC1CC1. The Morgan fingerprint density at radius 3 is 2.63 bits per heavy atom. The minimum absolute atomic E-state index is 0.429. The number of ether oxygens (including phenoxy) is 2. The second kappa shape index (κ2) is 4.68. The van der Waals surface area contributed by atoms with Gasteiger partial charge in [-0.05, 0) is 18.9 Å². The highest BCUT2D eigenvalue weighted by molar-refractivity contribution is 6.43. The van der Waals surface area contributed by atoms with Crippen LogP contribution in [-0.4, -0.2) is 49.4 Å². The molecule has 3 rings (SSSR count). The van der Waals surface area contributed by atoms with Gasteiger partial charge in [-0.3, -0.25) is 14.4 Å². The molecule has 1 saturated carbocycles. The summed E-state index contributed by atoms with van der Waals surface area (Å²) in [4.78, 5) is 35.1. The van der Waals surface area contributed by atoms with Gasteiger partial charge in [-0.25, -0.2) is 0 Å². The van der Waals surface area contributed by atoms with Gasteiger partial charge < -0.3 is 14.8 Å². The Bertz CT molecular complexity index is 431. The molecule has 4 unspecified atom stereocenters. The van der Waals surface area contributed by atoms with E-state index in [-0.39, 0.29) is 0 Å². The van der Waals surface area contributed by atoms with Crippen LogP contribution in [0.1, 0.15) is 19.3 Å². The maximum Gasteiger partial charge on any atom is 0.313 e.